The van der Waals surface area contributed by atoms with Gasteiger partial charge in [0.05, 0.1) is 4.88 Å². The molecule has 0 aliphatic heterocycles. The summed E-state index contributed by atoms with van der Waals surface area (Å²) in [4.78, 5) is 11.7. The van der Waals surface area contributed by atoms with E-state index in [9.17, 15) is 27.1 Å². The average molecular weight is 430 g/mol. The molecule has 0 aliphatic rings. The van der Waals surface area contributed by atoms with E-state index in [4.69, 9.17) is 0 Å². The summed E-state index contributed by atoms with van der Waals surface area (Å²) < 4.78 is 65.1. The maximum atomic E-state index is 13.3. The normalized spacial score (nSPS) is 12.4. The molecule has 3 rings (SSSR count). The SMILES string of the molecule is CC(C)(O)c1ncc(-c2cc(Nc3nccc(C(F)(F)F)n3)cc(C(F)F)c2)s1. The molecule has 5 nitrogen and oxygen atoms in total. The highest BCUT2D eigenvalue weighted by Gasteiger charge is 2.32. The van der Waals surface area contributed by atoms with E-state index in [2.05, 4.69) is 20.3 Å². The first kappa shape index (κ1) is 21.1. The minimum Gasteiger partial charge on any atom is -0.383 e. The lowest BCUT2D eigenvalue weighted by molar-refractivity contribution is -0.141. The number of aliphatic hydroxyl groups is 1. The summed E-state index contributed by atoms with van der Waals surface area (Å²) >= 11 is 1.12. The fourth-order valence-electron chi connectivity index (χ4n) is 2.39. The molecule has 2 aromatic heterocycles. The van der Waals surface area contributed by atoms with Crippen LogP contribution in [0.2, 0.25) is 0 Å². The minimum absolute atomic E-state index is 0.0929. The monoisotopic (exact) mass is 430 g/mol. The highest BCUT2D eigenvalue weighted by molar-refractivity contribution is 7.15. The van der Waals surface area contributed by atoms with Crippen LogP contribution in [0.1, 0.15) is 36.5 Å². The van der Waals surface area contributed by atoms with Crippen molar-refractivity contribution in [3.8, 4) is 10.4 Å². The third-order valence-corrected chi connectivity index (χ3v) is 5.08. The van der Waals surface area contributed by atoms with Gasteiger partial charge in [0, 0.05) is 23.6 Å². The highest BCUT2D eigenvalue weighted by Crippen LogP contribution is 2.36. The van der Waals surface area contributed by atoms with Crippen molar-refractivity contribution in [2.24, 2.45) is 0 Å². The second kappa shape index (κ2) is 7.64. The standard InChI is InChI=1S/C18H15F5N4OS/c1-17(2,28)15-25-8-12(29-15)9-5-10(14(19)20)7-11(6-9)26-16-24-4-3-13(27-16)18(21,22)23/h3-8,14,28H,1-2H3,(H,24,26,27). The van der Waals surface area contributed by atoms with Crippen molar-refractivity contribution in [1.29, 1.82) is 0 Å². The number of thiazole rings is 1. The smallest absolute Gasteiger partial charge is 0.383 e. The molecule has 2 N–H and O–H groups in total. The summed E-state index contributed by atoms with van der Waals surface area (Å²) in [6.45, 7) is 3.09. The molecule has 0 aliphatic carbocycles. The number of rotatable bonds is 5. The van der Waals surface area contributed by atoms with Crippen molar-refractivity contribution in [2.45, 2.75) is 32.1 Å². The van der Waals surface area contributed by atoms with Crippen LogP contribution in [0.15, 0.2) is 36.7 Å². The third-order valence-electron chi connectivity index (χ3n) is 3.72. The van der Waals surface area contributed by atoms with Gasteiger partial charge in [-0.15, -0.1) is 11.3 Å². The van der Waals surface area contributed by atoms with E-state index < -0.39 is 23.9 Å². The molecule has 0 spiro atoms. The molecule has 0 unspecified atom stereocenters. The van der Waals surface area contributed by atoms with Crippen LogP contribution in [0.4, 0.5) is 33.6 Å². The largest absolute Gasteiger partial charge is 0.433 e. The van der Waals surface area contributed by atoms with Gasteiger partial charge in [-0.2, -0.15) is 13.2 Å². The topological polar surface area (TPSA) is 70.9 Å². The van der Waals surface area contributed by atoms with Crippen molar-refractivity contribution in [1.82, 2.24) is 15.0 Å². The molecule has 3 aromatic rings. The second-order valence-electron chi connectivity index (χ2n) is 6.62. The van der Waals surface area contributed by atoms with Gasteiger partial charge in [-0.1, -0.05) is 0 Å². The number of benzene rings is 1. The Balaban J connectivity index is 1.99. The molecule has 2 heterocycles. The summed E-state index contributed by atoms with van der Waals surface area (Å²) in [6, 6.07) is 4.54. The molecule has 0 atom stereocenters. The average Bonchev–Trinajstić information content (AvgIpc) is 3.11. The van der Waals surface area contributed by atoms with Gasteiger partial charge >= 0.3 is 6.18 Å². The van der Waals surface area contributed by atoms with Gasteiger partial charge in [0.25, 0.3) is 6.43 Å². The molecule has 0 fully saturated rings. The molecule has 1 aromatic carbocycles. The molecule has 11 heteroatoms. The minimum atomic E-state index is -4.66. The zero-order chi connectivity index (χ0) is 21.4. The Hall–Kier alpha value is -2.66. The fourth-order valence-corrected chi connectivity index (χ4v) is 3.29. The van der Waals surface area contributed by atoms with Crippen molar-refractivity contribution in [3.05, 3.63) is 52.9 Å². The number of hydrogen-bond acceptors (Lipinski definition) is 6. The zero-order valence-corrected chi connectivity index (χ0v) is 15.9. The number of hydrogen-bond donors (Lipinski definition) is 2. The maximum absolute atomic E-state index is 13.3. The molecule has 0 saturated heterocycles. The molecule has 0 radical (unpaired) electrons. The first-order valence-corrected chi connectivity index (χ1v) is 9.04. The quantitative estimate of drug-likeness (QED) is 0.521. The molecule has 0 saturated carbocycles. The van der Waals surface area contributed by atoms with Gasteiger partial charge in [-0.3, -0.25) is 0 Å². The Morgan fingerprint density at radius 1 is 1.10 bits per heavy atom. The lowest BCUT2D eigenvalue weighted by Gasteiger charge is -2.13. The Bertz CT molecular complexity index is 1010. The van der Waals surface area contributed by atoms with Crippen molar-refractivity contribution in [2.75, 3.05) is 5.32 Å². The predicted octanol–water partition coefficient (Wildman–Crippen LogP) is 5.53. The molecule has 0 amide bonds. The third kappa shape index (κ3) is 5.04. The summed E-state index contributed by atoms with van der Waals surface area (Å²) in [5.41, 5.74) is -2.23. The lowest BCUT2D eigenvalue weighted by Crippen LogP contribution is -2.14. The van der Waals surface area contributed by atoms with Crippen LogP contribution in [-0.4, -0.2) is 20.1 Å². The van der Waals surface area contributed by atoms with E-state index in [-0.39, 0.29) is 17.2 Å². The van der Waals surface area contributed by atoms with Crippen LogP contribution >= 0.6 is 11.3 Å². The summed E-state index contributed by atoms with van der Waals surface area (Å²) in [5, 5.41) is 13.0. The zero-order valence-electron chi connectivity index (χ0n) is 15.1. The van der Waals surface area contributed by atoms with E-state index >= 15 is 0 Å². The Kier molecular flexibility index (Phi) is 5.54. The van der Waals surface area contributed by atoms with Crippen LogP contribution < -0.4 is 5.32 Å². The molecule has 154 valence electrons. The van der Waals surface area contributed by atoms with Crippen molar-refractivity contribution in [3.63, 3.8) is 0 Å². The molecule has 29 heavy (non-hydrogen) atoms. The van der Waals surface area contributed by atoms with Crippen LogP contribution in [0.3, 0.4) is 0 Å². The number of nitrogens with zero attached hydrogens (tertiary/aromatic N) is 3. The van der Waals surface area contributed by atoms with Crippen LogP contribution in [0.5, 0.6) is 0 Å². The Labute approximate surface area is 166 Å². The summed E-state index contributed by atoms with van der Waals surface area (Å²) in [5.74, 6) is -0.376. The number of halogens is 5. The van der Waals surface area contributed by atoms with Gasteiger partial charge in [0.2, 0.25) is 5.95 Å². The van der Waals surface area contributed by atoms with Gasteiger partial charge < -0.3 is 10.4 Å². The van der Waals surface area contributed by atoms with Gasteiger partial charge in [-0.25, -0.2) is 23.7 Å². The van der Waals surface area contributed by atoms with Gasteiger partial charge in [0.15, 0.2) is 0 Å². The van der Waals surface area contributed by atoms with E-state index in [1.807, 2.05) is 0 Å². The van der Waals surface area contributed by atoms with Crippen LogP contribution in [0, 0.1) is 0 Å². The van der Waals surface area contributed by atoms with Crippen molar-refractivity contribution >= 4 is 23.0 Å². The van der Waals surface area contributed by atoms with Crippen LogP contribution in [-0.2, 0) is 11.8 Å². The molecular formula is C18H15F5N4OS. The first-order valence-electron chi connectivity index (χ1n) is 8.23. The highest BCUT2D eigenvalue weighted by atomic mass is 32.1. The van der Waals surface area contributed by atoms with E-state index in [1.165, 1.54) is 18.3 Å². The maximum Gasteiger partial charge on any atom is 0.433 e. The first-order chi connectivity index (χ1) is 13.4. The van der Waals surface area contributed by atoms with E-state index in [1.54, 1.807) is 13.8 Å². The van der Waals surface area contributed by atoms with Gasteiger partial charge in [-0.05, 0) is 43.7 Å². The van der Waals surface area contributed by atoms with Gasteiger partial charge in [0.1, 0.15) is 16.3 Å². The molecule has 0 bridgehead atoms. The van der Waals surface area contributed by atoms with E-state index in [0.29, 0.717) is 21.5 Å². The molecular weight excluding hydrogens is 415 g/mol. The predicted molar refractivity (Wildman–Crippen MR) is 98.1 cm³/mol. The second-order valence-corrected chi connectivity index (χ2v) is 7.65. The summed E-state index contributed by atoms with van der Waals surface area (Å²) in [6.07, 6.45) is -5.10. The number of aromatic nitrogens is 3. The number of anilines is 2. The summed E-state index contributed by atoms with van der Waals surface area (Å²) in [7, 11) is 0. The lowest BCUT2D eigenvalue weighted by atomic mass is 10.1. The Morgan fingerprint density at radius 2 is 1.83 bits per heavy atom. The Morgan fingerprint density at radius 3 is 2.41 bits per heavy atom. The van der Waals surface area contributed by atoms with Crippen molar-refractivity contribution < 1.29 is 27.1 Å². The fraction of sp³-hybridized carbons (Fsp3) is 0.278. The number of nitrogens with one attached hydrogen (secondary N) is 1. The number of alkyl halides is 5. The van der Waals surface area contributed by atoms with E-state index in [0.717, 1.165) is 23.6 Å². The van der Waals surface area contributed by atoms with Crippen LogP contribution in [0.25, 0.3) is 10.4 Å².